The SMILES string of the molecule is NNC=O.NNC=O.NNC=O.NNC=O. The van der Waals surface area contributed by atoms with Crippen LogP contribution in [-0.2, 0) is 19.2 Å². The fraction of sp³-hybridized carbons (Fsp3) is 0. The van der Waals surface area contributed by atoms with E-state index in [9.17, 15) is 0 Å². The molecule has 0 fully saturated rings. The molecule has 0 aliphatic heterocycles. The van der Waals surface area contributed by atoms with Gasteiger partial charge in [-0.15, -0.1) is 0 Å². The maximum atomic E-state index is 8.94. The molecule has 0 aromatic heterocycles. The third-order valence-corrected chi connectivity index (χ3v) is 0.272. The maximum Gasteiger partial charge on any atom is 0.221 e. The van der Waals surface area contributed by atoms with Gasteiger partial charge in [0.2, 0.25) is 25.6 Å². The van der Waals surface area contributed by atoms with Gasteiger partial charge in [0.15, 0.2) is 0 Å². The largest absolute Gasteiger partial charge is 0.297 e. The fourth-order valence-corrected chi connectivity index (χ4v) is 0. The van der Waals surface area contributed by atoms with E-state index in [0.29, 0.717) is 25.6 Å². The summed E-state index contributed by atoms with van der Waals surface area (Å²) < 4.78 is 0. The van der Waals surface area contributed by atoms with Crippen molar-refractivity contribution in [3.63, 3.8) is 0 Å². The van der Waals surface area contributed by atoms with Gasteiger partial charge in [0.1, 0.15) is 0 Å². The van der Waals surface area contributed by atoms with Crippen molar-refractivity contribution in [2.75, 3.05) is 0 Å². The van der Waals surface area contributed by atoms with Gasteiger partial charge < -0.3 is 0 Å². The average Bonchev–Trinajstić information content (AvgIpc) is 2.39. The minimum atomic E-state index is 0.403. The van der Waals surface area contributed by atoms with Crippen LogP contribution in [0.15, 0.2) is 0 Å². The van der Waals surface area contributed by atoms with Gasteiger partial charge in [0, 0.05) is 0 Å². The lowest BCUT2D eigenvalue weighted by atomic mass is 11.4. The van der Waals surface area contributed by atoms with E-state index >= 15 is 0 Å². The number of carbonyl (C=O) groups is 4. The maximum absolute atomic E-state index is 8.94. The highest BCUT2D eigenvalue weighted by Gasteiger charge is 1.43. The van der Waals surface area contributed by atoms with Gasteiger partial charge in [-0.3, -0.25) is 40.9 Å². The van der Waals surface area contributed by atoms with Crippen molar-refractivity contribution in [2.45, 2.75) is 0 Å². The van der Waals surface area contributed by atoms with E-state index in [0.717, 1.165) is 0 Å². The normalized spacial score (nSPS) is 5.25. The van der Waals surface area contributed by atoms with E-state index in [1.807, 2.05) is 0 Å². The van der Waals surface area contributed by atoms with Gasteiger partial charge in [-0.1, -0.05) is 0 Å². The molecule has 12 nitrogen and oxygen atoms in total. The van der Waals surface area contributed by atoms with E-state index in [2.05, 4.69) is 23.4 Å². The topological polar surface area (TPSA) is 220 Å². The predicted octanol–water partition coefficient (Wildman–Crippen LogP) is -5.58. The molecule has 0 aliphatic carbocycles. The first-order valence-corrected chi connectivity index (χ1v) is 3.25. The van der Waals surface area contributed by atoms with Gasteiger partial charge in [0.05, 0.1) is 0 Å². The summed E-state index contributed by atoms with van der Waals surface area (Å²) in [5.74, 6) is 17.6. The molecule has 0 aromatic rings. The zero-order valence-corrected chi connectivity index (χ0v) is 8.25. The number of rotatable bonds is 4. The minimum Gasteiger partial charge on any atom is -0.297 e. The second-order valence-electron chi connectivity index (χ2n) is 1.14. The van der Waals surface area contributed by atoms with Crippen molar-refractivity contribution in [1.29, 1.82) is 0 Å². The third-order valence-electron chi connectivity index (χ3n) is 0.272. The monoisotopic (exact) mass is 240 g/mol. The zero-order chi connectivity index (χ0) is 13.7. The van der Waals surface area contributed by atoms with Crippen LogP contribution in [0.1, 0.15) is 0 Å². The standard InChI is InChI=1S/4CH4N2O/c4*2-3-1-4/h4*1H,2H2,(H,3,4). The van der Waals surface area contributed by atoms with Crippen LogP contribution in [0.5, 0.6) is 0 Å². The molecule has 0 rings (SSSR count). The zero-order valence-electron chi connectivity index (χ0n) is 8.25. The smallest absolute Gasteiger partial charge is 0.221 e. The summed E-state index contributed by atoms with van der Waals surface area (Å²) in [6.07, 6.45) is 1.61. The van der Waals surface area contributed by atoms with E-state index < -0.39 is 0 Å². The van der Waals surface area contributed by atoms with Gasteiger partial charge in [-0.25, -0.2) is 23.4 Å². The summed E-state index contributed by atoms with van der Waals surface area (Å²) in [7, 11) is 0. The van der Waals surface area contributed by atoms with Crippen LogP contribution in [0.2, 0.25) is 0 Å². The van der Waals surface area contributed by atoms with E-state index in [4.69, 9.17) is 19.2 Å². The molecule has 12 N–H and O–H groups in total. The van der Waals surface area contributed by atoms with Gasteiger partial charge >= 0.3 is 0 Å². The van der Waals surface area contributed by atoms with Crippen molar-refractivity contribution in [3.05, 3.63) is 0 Å². The molecular formula is C4H16N8O4. The summed E-state index contributed by atoms with van der Waals surface area (Å²) in [6, 6.07) is 0. The Morgan fingerprint density at radius 1 is 0.500 bits per heavy atom. The summed E-state index contributed by atoms with van der Waals surface area (Å²) in [5, 5.41) is 0. The number of amides is 4. The molecule has 0 bridgehead atoms. The number of hydrogen-bond donors (Lipinski definition) is 8. The van der Waals surface area contributed by atoms with E-state index in [1.165, 1.54) is 0 Å². The second kappa shape index (κ2) is 53.4. The summed E-state index contributed by atoms with van der Waals surface area (Å²) in [5.41, 5.74) is 7.00. The first-order valence-electron chi connectivity index (χ1n) is 3.25. The molecule has 0 saturated heterocycles. The molecule has 0 unspecified atom stereocenters. The second-order valence-corrected chi connectivity index (χ2v) is 1.14. The van der Waals surface area contributed by atoms with Gasteiger partial charge in [-0.2, -0.15) is 0 Å². The predicted molar refractivity (Wildman–Crippen MR) is 53.5 cm³/mol. The quantitative estimate of drug-likeness (QED) is 0.102. The lowest BCUT2D eigenvalue weighted by Crippen LogP contribution is -2.18. The molecule has 16 heavy (non-hydrogen) atoms. The Balaban J connectivity index is -0.0000000600. The van der Waals surface area contributed by atoms with Crippen LogP contribution in [0, 0.1) is 0 Å². The molecule has 0 spiro atoms. The molecule has 0 radical (unpaired) electrons. The molecule has 0 saturated carbocycles. The van der Waals surface area contributed by atoms with Crippen molar-refractivity contribution in [1.82, 2.24) is 21.7 Å². The van der Waals surface area contributed by atoms with Crippen LogP contribution < -0.4 is 45.1 Å². The van der Waals surface area contributed by atoms with Crippen LogP contribution in [0.25, 0.3) is 0 Å². The minimum absolute atomic E-state index is 0.403. The number of hydrogen-bond acceptors (Lipinski definition) is 8. The van der Waals surface area contributed by atoms with Crippen LogP contribution in [0.4, 0.5) is 0 Å². The number of nitrogens with one attached hydrogen (secondary N) is 4. The highest BCUT2D eigenvalue weighted by atomic mass is 16.1. The molecular weight excluding hydrogens is 224 g/mol. The Morgan fingerprint density at radius 2 is 0.562 bits per heavy atom. The molecule has 0 aliphatic rings. The highest BCUT2D eigenvalue weighted by molar-refractivity contribution is 5.44. The first-order chi connectivity index (χ1) is 7.66. The van der Waals surface area contributed by atoms with Crippen molar-refractivity contribution in [3.8, 4) is 0 Å². The van der Waals surface area contributed by atoms with Gasteiger partial charge in [0.25, 0.3) is 0 Å². The molecule has 0 aromatic carbocycles. The Kier molecular flexibility index (Phi) is 78.4. The lowest BCUT2D eigenvalue weighted by molar-refractivity contribution is -0.110. The average molecular weight is 240 g/mol. The molecule has 0 heterocycles. The van der Waals surface area contributed by atoms with Crippen LogP contribution in [0.3, 0.4) is 0 Å². The van der Waals surface area contributed by atoms with E-state index in [-0.39, 0.29) is 0 Å². The molecule has 96 valence electrons. The molecule has 4 amide bonds. The Hall–Kier alpha value is -2.28. The van der Waals surface area contributed by atoms with Crippen molar-refractivity contribution in [2.24, 2.45) is 23.4 Å². The fourth-order valence-electron chi connectivity index (χ4n) is 0. The van der Waals surface area contributed by atoms with E-state index in [1.54, 1.807) is 21.7 Å². The van der Waals surface area contributed by atoms with Gasteiger partial charge in [-0.05, 0) is 0 Å². The summed E-state index contributed by atoms with van der Waals surface area (Å²) >= 11 is 0. The molecule has 0 atom stereocenters. The Morgan fingerprint density at radius 3 is 0.562 bits per heavy atom. The van der Waals surface area contributed by atoms with Crippen molar-refractivity contribution >= 4 is 25.6 Å². The summed E-state index contributed by atoms with van der Waals surface area (Å²) in [4.78, 5) is 35.8. The van der Waals surface area contributed by atoms with Crippen LogP contribution >= 0.6 is 0 Å². The van der Waals surface area contributed by atoms with Crippen molar-refractivity contribution < 1.29 is 19.2 Å². The Labute approximate surface area is 90.9 Å². The first kappa shape index (κ1) is 23.5. The van der Waals surface area contributed by atoms with Crippen LogP contribution in [-0.4, -0.2) is 25.6 Å². The lowest BCUT2D eigenvalue weighted by Gasteiger charge is -1.66. The summed E-state index contributed by atoms with van der Waals surface area (Å²) in [6.45, 7) is 0. The highest BCUT2D eigenvalue weighted by Crippen LogP contribution is 1.00. The third kappa shape index (κ3) is 455. The molecule has 12 heteroatoms. The number of nitrogens with two attached hydrogens (primary N) is 4. The Bertz CT molecular complexity index is 112. The number of carbonyl (C=O) groups excluding carboxylic acids is 4. The number of hydrazine groups is 4.